The van der Waals surface area contributed by atoms with E-state index in [0.29, 0.717) is 34.1 Å². The molecule has 0 aliphatic carbocycles. The fraction of sp³-hybridized carbons (Fsp3) is 0.375. The molecule has 10 nitrogen and oxygen atoms in total. The quantitative estimate of drug-likeness (QED) is 0.346. The van der Waals surface area contributed by atoms with Gasteiger partial charge in [0.1, 0.15) is 35.7 Å². The number of ether oxygens (including phenoxy) is 4. The van der Waals surface area contributed by atoms with Crippen LogP contribution in [0.5, 0.6) is 11.5 Å². The van der Waals surface area contributed by atoms with Gasteiger partial charge in [-0.25, -0.2) is 9.78 Å². The van der Waals surface area contributed by atoms with Crippen LogP contribution in [0.15, 0.2) is 30.6 Å². The van der Waals surface area contributed by atoms with Gasteiger partial charge in [-0.1, -0.05) is 0 Å². The van der Waals surface area contributed by atoms with Gasteiger partial charge in [0.05, 0.1) is 26.4 Å². The van der Waals surface area contributed by atoms with Crippen LogP contribution in [0.1, 0.15) is 49.5 Å². The normalized spacial score (nSPS) is 11.7. The standard InChI is InChI=1S/C24H30N4O6/c1-14-19(24(30)34-10-9-31-4)15(2)26-20(14)23(29)27-21(22-25-7-8-28(22)3)16-11-17(32-5)13-18(12-16)33-6/h7-8,11-13,21,26H,9-10H2,1-6H3,(H,27,29). The molecule has 0 aliphatic rings. The molecule has 2 aromatic heterocycles. The number of esters is 1. The zero-order chi connectivity index (χ0) is 24.8. The van der Waals surface area contributed by atoms with Crippen LogP contribution < -0.4 is 14.8 Å². The number of hydrogen-bond acceptors (Lipinski definition) is 7. The molecule has 34 heavy (non-hydrogen) atoms. The Kier molecular flexibility index (Phi) is 7.95. The van der Waals surface area contributed by atoms with E-state index in [4.69, 9.17) is 18.9 Å². The maximum atomic E-state index is 13.4. The van der Waals surface area contributed by atoms with Crippen molar-refractivity contribution in [1.29, 1.82) is 0 Å². The summed E-state index contributed by atoms with van der Waals surface area (Å²) in [5.74, 6) is 0.863. The minimum atomic E-state index is -0.614. The van der Waals surface area contributed by atoms with E-state index in [1.54, 1.807) is 46.5 Å². The molecule has 0 fully saturated rings. The first kappa shape index (κ1) is 24.8. The average Bonchev–Trinajstić information content (AvgIpc) is 3.38. The van der Waals surface area contributed by atoms with E-state index in [1.807, 2.05) is 23.7 Å². The number of aromatic nitrogens is 3. The molecule has 1 atom stereocenters. The number of hydrogen-bond donors (Lipinski definition) is 2. The van der Waals surface area contributed by atoms with Gasteiger partial charge in [0, 0.05) is 38.3 Å². The lowest BCUT2D eigenvalue weighted by Crippen LogP contribution is -2.32. The summed E-state index contributed by atoms with van der Waals surface area (Å²) in [5.41, 5.74) is 2.36. The molecule has 182 valence electrons. The van der Waals surface area contributed by atoms with Gasteiger partial charge < -0.3 is 33.8 Å². The molecular formula is C24H30N4O6. The molecule has 1 amide bonds. The second kappa shape index (κ2) is 10.9. The van der Waals surface area contributed by atoms with E-state index in [2.05, 4.69) is 15.3 Å². The van der Waals surface area contributed by atoms with Gasteiger partial charge >= 0.3 is 5.97 Å². The van der Waals surface area contributed by atoms with Crippen molar-refractivity contribution in [3.05, 3.63) is 64.5 Å². The Labute approximate surface area is 198 Å². The van der Waals surface area contributed by atoms with Crippen molar-refractivity contribution in [2.24, 2.45) is 7.05 Å². The van der Waals surface area contributed by atoms with Crippen molar-refractivity contribution in [3.8, 4) is 11.5 Å². The number of aromatic amines is 1. The minimum absolute atomic E-state index is 0.125. The molecule has 10 heteroatoms. The number of carbonyl (C=O) groups excluding carboxylic acids is 2. The maximum absolute atomic E-state index is 13.4. The number of nitrogens with zero attached hydrogens (tertiary/aromatic N) is 2. The van der Waals surface area contributed by atoms with E-state index in [1.165, 1.54) is 7.11 Å². The zero-order valence-corrected chi connectivity index (χ0v) is 20.2. The highest BCUT2D eigenvalue weighted by atomic mass is 16.6. The molecule has 3 rings (SSSR count). The Morgan fingerprint density at radius 2 is 1.76 bits per heavy atom. The summed E-state index contributed by atoms with van der Waals surface area (Å²) >= 11 is 0. The number of benzene rings is 1. The highest BCUT2D eigenvalue weighted by Gasteiger charge is 2.27. The lowest BCUT2D eigenvalue weighted by molar-refractivity contribution is 0.0386. The van der Waals surface area contributed by atoms with E-state index >= 15 is 0 Å². The number of H-pyrrole nitrogens is 1. The van der Waals surface area contributed by atoms with Crippen LogP contribution in [0.25, 0.3) is 0 Å². The smallest absolute Gasteiger partial charge is 0.340 e. The number of rotatable bonds is 10. The highest BCUT2D eigenvalue weighted by molar-refractivity contribution is 6.00. The van der Waals surface area contributed by atoms with Gasteiger partial charge in [0.25, 0.3) is 5.91 Å². The van der Waals surface area contributed by atoms with Crippen LogP contribution in [0.3, 0.4) is 0 Å². The van der Waals surface area contributed by atoms with Gasteiger partial charge in [-0.15, -0.1) is 0 Å². The fourth-order valence-corrected chi connectivity index (χ4v) is 3.72. The third kappa shape index (κ3) is 5.23. The van der Waals surface area contributed by atoms with Gasteiger partial charge in [-0.2, -0.15) is 0 Å². The fourth-order valence-electron chi connectivity index (χ4n) is 3.72. The third-order valence-electron chi connectivity index (χ3n) is 5.49. The Bertz CT molecular complexity index is 1140. The lowest BCUT2D eigenvalue weighted by Gasteiger charge is -2.20. The number of imidazole rings is 1. The molecule has 3 aromatic rings. The van der Waals surface area contributed by atoms with E-state index in [0.717, 1.165) is 5.56 Å². The first-order chi connectivity index (χ1) is 16.3. The lowest BCUT2D eigenvalue weighted by atomic mass is 10.0. The van der Waals surface area contributed by atoms with Crippen LogP contribution in [0, 0.1) is 13.8 Å². The van der Waals surface area contributed by atoms with Crippen LogP contribution in [-0.4, -0.2) is 61.0 Å². The average molecular weight is 471 g/mol. The topological polar surface area (TPSA) is 117 Å². The first-order valence-corrected chi connectivity index (χ1v) is 10.7. The predicted molar refractivity (Wildman–Crippen MR) is 124 cm³/mol. The molecule has 1 aromatic carbocycles. The summed E-state index contributed by atoms with van der Waals surface area (Å²) in [5, 5.41) is 3.03. The number of methoxy groups -OCH3 is 3. The van der Waals surface area contributed by atoms with Crippen LogP contribution >= 0.6 is 0 Å². The molecule has 1 unspecified atom stereocenters. The summed E-state index contributed by atoms with van der Waals surface area (Å²) in [6, 6.07) is 4.76. The van der Waals surface area contributed by atoms with Gasteiger partial charge in [0.15, 0.2) is 0 Å². The van der Waals surface area contributed by atoms with Crippen LogP contribution in [-0.2, 0) is 16.5 Å². The van der Waals surface area contributed by atoms with Crippen molar-refractivity contribution in [1.82, 2.24) is 19.9 Å². The van der Waals surface area contributed by atoms with Gasteiger partial charge in [0.2, 0.25) is 0 Å². The third-order valence-corrected chi connectivity index (χ3v) is 5.49. The summed E-state index contributed by atoms with van der Waals surface area (Å²) in [6.45, 7) is 3.84. The maximum Gasteiger partial charge on any atom is 0.340 e. The molecular weight excluding hydrogens is 440 g/mol. The second-order valence-electron chi connectivity index (χ2n) is 7.70. The summed E-state index contributed by atoms with van der Waals surface area (Å²) in [4.78, 5) is 33.4. The molecule has 0 aliphatic heterocycles. The monoisotopic (exact) mass is 470 g/mol. The number of aryl methyl sites for hydroxylation is 2. The Morgan fingerprint density at radius 1 is 1.09 bits per heavy atom. The molecule has 2 heterocycles. The Hall–Kier alpha value is -3.79. The van der Waals surface area contributed by atoms with Crippen molar-refractivity contribution in [2.45, 2.75) is 19.9 Å². The molecule has 2 N–H and O–H groups in total. The zero-order valence-electron chi connectivity index (χ0n) is 20.2. The molecule has 0 spiro atoms. The predicted octanol–water partition coefficient (Wildman–Crippen LogP) is 2.70. The van der Waals surface area contributed by atoms with E-state index in [9.17, 15) is 9.59 Å². The molecule has 0 saturated heterocycles. The Morgan fingerprint density at radius 3 is 2.32 bits per heavy atom. The molecule has 0 bridgehead atoms. The number of carbonyl (C=O) groups is 2. The first-order valence-electron chi connectivity index (χ1n) is 10.7. The molecule has 0 radical (unpaired) electrons. The van der Waals surface area contributed by atoms with Crippen molar-refractivity contribution < 1.29 is 28.5 Å². The van der Waals surface area contributed by atoms with Crippen molar-refractivity contribution in [2.75, 3.05) is 34.5 Å². The van der Waals surface area contributed by atoms with Gasteiger partial charge in [-0.05, 0) is 37.1 Å². The largest absolute Gasteiger partial charge is 0.497 e. The van der Waals surface area contributed by atoms with E-state index in [-0.39, 0.29) is 18.9 Å². The SMILES string of the molecule is COCCOC(=O)c1c(C)[nH]c(C(=O)NC(c2cc(OC)cc(OC)c2)c2nccn2C)c1C. The van der Waals surface area contributed by atoms with Gasteiger partial charge in [-0.3, -0.25) is 4.79 Å². The number of nitrogens with one attached hydrogen (secondary N) is 2. The van der Waals surface area contributed by atoms with E-state index < -0.39 is 17.9 Å². The second-order valence-corrected chi connectivity index (χ2v) is 7.70. The Balaban J connectivity index is 1.96. The van der Waals surface area contributed by atoms with Crippen molar-refractivity contribution >= 4 is 11.9 Å². The van der Waals surface area contributed by atoms with Crippen molar-refractivity contribution in [3.63, 3.8) is 0 Å². The summed E-state index contributed by atoms with van der Waals surface area (Å²) in [6.07, 6.45) is 3.45. The minimum Gasteiger partial charge on any atom is -0.497 e. The summed E-state index contributed by atoms with van der Waals surface area (Å²) < 4.78 is 22.8. The van der Waals surface area contributed by atoms with Crippen LogP contribution in [0.2, 0.25) is 0 Å². The highest BCUT2D eigenvalue weighted by Crippen LogP contribution is 2.30. The number of amides is 1. The van der Waals surface area contributed by atoms with Crippen LogP contribution in [0.4, 0.5) is 0 Å². The molecule has 0 saturated carbocycles. The summed E-state index contributed by atoms with van der Waals surface area (Å²) in [7, 11) is 6.49.